The number of aromatic nitrogens is 2. The zero-order chi connectivity index (χ0) is 15.4. The molecule has 0 aliphatic rings. The van der Waals surface area contributed by atoms with E-state index in [2.05, 4.69) is 10.4 Å². The van der Waals surface area contributed by atoms with E-state index in [9.17, 15) is 4.79 Å². The molecular weight excluding hydrogens is 264 g/mol. The van der Waals surface area contributed by atoms with Crippen LogP contribution in [0.25, 0.3) is 0 Å². The van der Waals surface area contributed by atoms with Crippen molar-refractivity contribution in [1.82, 2.24) is 14.7 Å². The average molecular weight is 286 g/mol. The van der Waals surface area contributed by atoms with Crippen LogP contribution in [-0.4, -0.2) is 34.2 Å². The highest BCUT2D eigenvalue weighted by Gasteiger charge is 2.10. The fourth-order valence-electron chi connectivity index (χ4n) is 2.36. The van der Waals surface area contributed by atoms with Crippen LogP contribution in [0.15, 0.2) is 30.6 Å². The van der Waals surface area contributed by atoms with Gasteiger partial charge in [-0.3, -0.25) is 14.4 Å². The molecule has 1 N–H and O–H groups in total. The standard InChI is InChI=1S/C16H22N4O/c1-12-6-5-7-13(2)16(12)18-15(21)11-19(3)9-14-8-17-20(4)10-14/h5-8,10H,9,11H2,1-4H3,(H,18,21). The maximum absolute atomic E-state index is 12.1. The molecule has 0 atom stereocenters. The van der Waals surface area contributed by atoms with Crippen molar-refractivity contribution >= 4 is 11.6 Å². The van der Waals surface area contributed by atoms with Crippen LogP contribution in [0.2, 0.25) is 0 Å². The second kappa shape index (κ2) is 6.54. The van der Waals surface area contributed by atoms with Crippen molar-refractivity contribution in [2.75, 3.05) is 18.9 Å². The molecule has 0 fully saturated rings. The monoisotopic (exact) mass is 286 g/mol. The number of rotatable bonds is 5. The third-order valence-corrected chi connectivity index (χ3v) is 3.37. The number of para-hydroxylation sites is 1. The van der Waals surface area contributed by atoms with Gasteiger partial charge < -0.3 is 5.32 Å². The van der Waals surface area contributed by atoms with Crippen LogP contribution < -0.4 is 5.32 Å². The van der Waals surface area contributed by atoms with Crippen LogP contribution in [0.5, 0.6) is 0 Å². The van der Waals surface area contributed by atoms with Gasteiger partial charge in [0.25, 0.3) is 0 Å². The summed E-state index contributed by atoms with van der Waals surface area (Å²) in [7, 11) is 3.81. The topological polar surface area (TPSA) is 50.2 Å². The number of hydrogen-bond donors (Lipinski definition) is 1. The molecule has 2 rings (SSSR count). The molecule has 0 aliphatic heterocycles. The molecule has 0 bridgehead atoms. The van der Waals surface area contributed by atoms with Crippen molar-refractivity contribution in [2.45, 2.75) is 20.4 Å². The predicted octanol–water partition coefficient (Wildman–Crippen LogP) is 2.11. The molecular formula is C16H22N4O. The Bertz CT molecular complexity index is 613. The van der Waals surface area contributed by atoms with Gasteiger partial charge in [-0.25, -0.2) is 0 Å². The Balaban J connectivity index is 1.92. The highest BCUT2D eigenvalue weighted by Crippen LogP contribution is 2.19. The minimum Gasteiger partial charge on any atom is -0.324 e. The van der Waals surface area contributed by atoms with Crippen molar-refractivity contribution in [3.63, 3.8) is 0 Å². The molecule has 0 spiro atoms. The predicted molar refractivity (Wildman–Crippen MR) is 84.1 cm³/mol. The Morgan fingerprint density at radius 3 is 2.57 bits per heavy atom. The van der Waals surface area contributed by atoms with Gasteiger partial charge in [0.15, 0.2) is 0 Å². The van der Waals surface area contributed by atoms with Gasteiger partial charge in [-0.05, 0) is 32.0 Å². The van der Waals surface area contributed by atoms with Crippen LogP contribution >= 0.6 is 0 Å². The zero-order valence-corrected chi connectivity index (χ0v) is 13.1. The molecule has 2 aromatic rings. The van der Waals surface area contributed by atoms with Crippen LogP contribution in [0.3, 0.4) is 0 Å². The first-order valence-electron chi connectivity index (χ1n) is 6.98. The van der Waals surface area contributed by atoms with E-state index in [0.29, 0.717) is 13.1 Å². The van der Waals surface area contributed by atoms with Crippen molar-refractivity contribution in [1.29, 1.82) is 0 Å². The normalized spacial score (nSPS) is 10.9. The summed E-state index contributed by atoms with van der Waals surface area (Å²) < 4.78 is 1.76. The molecule has 0 radical (unpaired) electrons. The number of anilines is 1. The third-order valence-electron chi connectivity index (χ3n) is 3.37. The Hall–Kier alpha value is -2.14. The maximum atomic E-state index is 12.1. The Morgan fingerprint density at radius 2 is 2.00 bits per heavy atom. The molecule has 1 heterocycles. The van der Waals surface area contributed by atoms with Crippen molar-refractivity contribution in [2.24, 2.45) is 7.05 Å². The lowest BCUT2D eigenvalue weighted by atomic mass is 10.1. The summed E-state index contributed by atoms with van der Waals surface area (Å²) >= 11 is 0. The van der Waals surface area contributed by atoms with Gasteiger partial charge in [0.1, 0.15) is 0 Å². The number of carbonyl (C=O) groups excluding carboxylic acids is 1. The van der Waals surface area contributed by atoms with Gasteiger partial charge >= 0.3 is 0 Å². The lowest BCUT2D eigenvalue weighted by Gasteiger charge is -2.17. The Kier molecular flexibility index (Phi) is 4.75. The lowest BCUT2D eigenvalue weighted by molar-refractivity contribution is -0.117. The minimum absolute atomic E-state index is 0.00112. The first kappa shape index (κ1) is 15.3. The molecule has 5 heteroatoms. The van der Waals surface area contributed by atoms with Crippen molar-refractivity contribution < 1.29 is 4.79 Å². The van der Waals surface area contributed by atoms with E-state index >= 15 is 0 Å². The fourth-order valence-corrected chi connectivity index (χ4v) is 2.36. The van der Waals surface area contributed by atoms with Crippen LogP contribution in [-0.2, 0) is 18.4 Å². The van der Waals surface area contributed by atoms with Crippen LogP contribution in [0.4, 0.5) is 5.69 Å². The first-order chi connectivity index (χ1) is 9.95. The number of hydrogen-bond acceptors (Lipinski definition) is 3. The minimum atomic E-state index is -0.00112. The van der Waals surface area contributed by atoms with E-state index in [0.717, 1.165) is 22.4 Å². The summed E-state index contributed by atoms with van der Waals surface area (Å²) in [5.41, 5.74) is 4.17. The quantitative estimate of drug-likeness (QED) is 0.916. The molecule has 1 aromatic heterocycles. The largest absolute Gasteiger partial charge is 0.324 e. The van der Waals surface area contributed by atoms with E-state index in [1.54, 1.807) is 4.68 Å². The summed E-state index contributed by atoms with van der Waals surface area (Å²) in [6.45, 7) is 5.06. The first-order valence-corrected chi connectivity index (χ1v) is 6.98. The number of nitrogens with one attached hydrogen (secondary N) is 1. The SMILES string of the molecule is Cc1cccc(C)c1NC(=O)CN(C)Cc1cnn(C)c1. The fraction of sp³-hybridized carbons (Fsp3) is 0.375. The van der Waals surface area contributed by atoms with Gasteiger partial charge in [0, 0.05) is 31.0 Å². The summed E-state index contributed by atoms with van der Waals surface area (Å²) in [6.07, 6.45) is 3.78. The average Bonchev–Trinajstić information content (AvgIpc) is 2.79. The highest BCUT2D eigenvalue weighted by atomic mass is 16.2. The van der Waals surface area contributed by atoms with Gasteiger partial charge in [-0.2, -0.15) is 5.10 Å². The molecule has 1 aromatic carbocycles. The van der Waals surface area contributed by atoms with E-state index in [-0.39, 0.29) is 5.91 Å². The molecule has 0 aliphatic carbocycles. The lowest BCUT2D eigenvalue weighted by Crippen LogP contribution is -2.30. The van der Waals surface area contributed by atoms with Gasteiger partial charge in [-0.1, -0.05) is 18.2 Å². The number of carbonyl (C=O) groups is 1. The number of aryl methyl sites for hydroxylation is 3. The number of nitrogens with zero attached hydrogens (tertiary/aromatic N) is 3. The maximum Gasteiger partial charge on any atom is 0.238 e. The molecule has 21 heavy (non-hydrogen) atoms. The summed E-state index contributed by atoms with van der Waals surface area (Å²) in [4.78, 5) is 14.1. The second-order valence-corrected chi connectivity index (χ2v) is 5.51. The third kappa shape index (κ3) is 4.16. The molecule has 0 unspecified atom stereocenters. The Labute approximate surface area is 125 Å². The van der Waals surface area contributed by atoms with E-state index in [1.165, 1.54) is 0 Å². The van der Waals surface area contributed by atoms with Gasteiger partial charge in [0.05, 0.1) is 12.7 Å². The van der Waals surface area contributed by atoms with E-state index in [4.69, 9.17) is 0 Å². The second-order valence-electron chi connectivity index (χ2n) is 5.51. The van der Waals surface area contributed by atoms with Crippen LogP contribution in [0.1, 0.15) is 16.7 Å². The van der Waals surface area contributed by atoms with E-state index < -0.39 is 0 Å². The van der Waals surface area contributed by atoms with Crippen LogP contribution in [0, 0.1) is 13.8 Å². The number of benzene rings is 1. The van der Waals surface area contributed by atoms with Gasteiger partial charge in [0.2, 0.25) is 5.91 Å². The molecule has 0 saturated heterocycles. The number of likely N-dealkylation sites (N-methyl/N-ethyl adjacent to an activating group) is 1. The highest BCUT2D eigenvalue weighted by molar-refractivity contribution is 5.93. The van der Waals surface area contributed by atoms with Gasteiger partial charge in [-0.15, -0.1) is 0 Å². The summed E-state index contributed by atoms with van der Waals surface area (Å²) in [5, 5.41) is 7.13. The Morgan fingerprint density at radius 1 is 1.33 bits per heavy atom. The van der Waals surface area contributed by atoms with Crippen molar-refractivity contribution in [3.05, 3.63) is 47.3 Å². The smallest absolute Gasteiger partial charge is 0.238 e. The zero-order valence-electron chi connectivity index (χ0n) is 13.1. The van der Waals surface area contributed by atoms with E-state index in [1.807, 2.05) is 63.4 Å². The molecule has 112 valence electrons. The number of amides is 1. The molecule has 5 nitrogen and oxygen atoms in total. The molecule has 0 saturated carbocycles. The van der Waals surface area contributed by atoms with Crippen molar-refractivity contribution in [3.8, 4) is 0 Å². The molecule has 1 amide bonds. The summed E-state index contributed by atoms with van der Waals surface area (Å²) in [5.74, 6) is -0.00112. The summed E-state index contributed by atoms with van der Waals surface area (Å²) in [6, 6.07) is 6.00.